The van der Waals surface area contributed by atoms with E-state index in [-0.39, 0.29) is 12.4 Å². The molecule has 40 heavy (non-hydrogen) atoms. The Bertz CT molecular complexity index is 1380. The number of piperidine rings is 1. The fraction of sp³-hybridized carbons (Fsp3) is 0.533. The van der Waals surface area contributed by atoms with Crippen molar-refractivity contribution >= 4 is 23.0 Å². The van der Waals surface area contributed by atoms with E-state index in [1.165, 1.54) is 4.88 Å². The van der Waals surface area contributed by atoms with E-state index in [9.17, 15) is 4.79 Å². The zero-order valence-electron chi connectivity index (χ0n) is 24.2. The molecule has 1 atom stereocenters. The smallest absolute Gasteiger partial charge is 0.308 e. The number of esters is 1. The summed E-state index contributed by atoms with van der Waals surface area (Å²) in [6.07, 6.45) is 2.48. The Morgan fingerprint density at radius 2 is 1.80 bits per heavy atom. The van der Waals surface area contributed by atoms with Gasteiger partial charge in [-0.05, 0) is 97.3 Å². The van der Waals surface area contributed by atoms with Crippen LogP contribution < -0.4 is 10.1 Å². The summed E-state index contributed by atoms with van der Waals surface area (Å²) in [7, 11) is 0. The van der Waals surface area contributed by atoms with Crippen LogP contribution in [0.2, 0.25) is 0 Å². The molecule has 4 heterocycles. The van der Waals surface area contributed by atoms with Gasteiger partial charge in [0.05, 0.1) is 24.8 Å². The van der Waals surface area contributed by atoms with E-state index in [1.54, 1.807) is 11.3 Å². The van der Waals surface area contributed by atoms with Crippen LogP contribution >= 0.6 is 11.3 Å². The van der Waals surface area contributed by atoms with E-state index in [2.05, 4.69) is 29.4 Å². The Morgan fingerprint density at radius 1 is 1.07 bits per heavy atom. The molecule has 0 amide bonds. The molecule has 0 bridgehead atoms. The van der Waals surface area contributed by atoms with Crippen molar-refractivity contribution in [2.75, 3.05) is 26.3 Å². The second-order valence-electron chi connectivity index (χ2n) is 11.4. The Balaban J connectivity index is 1.41. The SMILES string of the molecule is Cc1sc2c(c1C)C(c1ccc(OCCOC3CCNCC3)cc1)=N[C@@H](CC(=O)OC(C)(C)C)c1nnc(C)n1-2. The lowest BCUT2D eigenvalue weighted by atomic mass is 9.99. The summed E-state index contributed by atoms with van der Waals surface area (Å²) < 4.78 is 19.6. The van der Waals surface area contributed by atoms with Crippen molar-refractivity contribution in [3.05, 3.63) is 57.5 Å². The van der Waals surface area contributed by atoms with Gasteiger partial charge in [0.2, 0.25) is 0 Å². The van der Waals surface area contributed by atoms with Crippen molar-refractivity contribution < 1.29 is 19.0 Å². The quantitative estimate of drug-likeness (QED) is 0.302. The van der Waals surface area contributed by atoms with Crippen molar-refractivity contribution in [3.63, 3.8) is 0 Å². The van der Waals surface area contributed by atoms with E-state index >= 15 is 0 Å². The summed E-state index contributed by atoms with van der Waals surface area (Å²) in [6.45, 7) is 14.9. The average Bonchev–Trinajstić information content (AvgIpc) is 3.38. The molecule has 3 aromatic rings. The van der Waals surface area contributed by atoms with Crippen molar-refractivity contribution in [1.29, 1.82) is 0 Å². The second-order valence-corrected chi connectivity index (χ2v) is 12.6. The summed E-state index contributed by atoms with van der Waals surface area (Å²) >= 11 is 1.69. The first-order valence-corrected chi connectivity index (χ1v) is 14.8. The first kappa shape index (κ1) is 28.4. The minimum absolute atomic E-state index is 0.0735. The Morgan fingerprint density at radius 3 is 2.50 bits per heavy atom. The number of benzene rings is 1. The lowest BCUT2D eigenvalue weighted by molar-refractivity contribution is -0.155. The Hall–Kier alpha value is -3.08. The van der Waals surface area contributed by atoms with Gasteiger partial charge in [-0.25, -0.2) is 0 Å². The molecular formula is C30H39N5O4S. The van der Waals surface area contributed by atoms with Crippen LogP contribution in [0.1, 0.15) is 79.3 Å². The Kier molecular flexibility index (Phi) is 8.39. The third kappa shape index (κ3) is 6.29. The molecule has 0 saturated carbocycles. The average molecular weight is 566 g/mol. The number of nitrogens with one attached hydrogen (secondary N) is 1. The van der Waals surface area contributed by atoms with E-state index in [0.717, 1.165) is 64.9 Å². The third-order valence-corrected chi connectivity index (χ3v) is 8.33. The van der Waals surface area contributed by atoms with Gasteiger partial charge >= 0.3 is 5.97 Å². The van der Waals surface area contributed by atoms with Crippen LogP contribution in [0.5, 0.6) is 5.75 Å². The normalized spacial score (nSPS) is 17.6. The number of carbonyl (C=O) groups is 1. The zero-order valence-corrected chi connectivity index (χ0v) is 25.1. The first-order chi connectivity index (χ1) is 19.1. The van der Waals surface area contributed by atoms with Gasteiger partial charge in [-0.3, -0.25) is 14.4 Å². The molecule has 214 valence electrons. The maximum atomic E-state index is 12.9. The first-order valence-electron chi connectivity index (χ1n) is 14.0. The monoisotopic (exact) mass is 565 g/mol. The summed E-state index contributed by atoms with van der Waals surface area (Å²) in [6, 6.07) is 7.46. The van der Waals surface area contributed by atoms with Crippen molar-refractivity contribution in [2.24, 2.45) is 4.99 Å². The maximum Gasteiger partial charge on any atom is 0.308 e. The highest BCUT2D eigenvalue weighted by Crippen LogP contribution is 2.39. The van der Waals surface area contributed by atoms with Crippen LogP contribution in [-0.4, -0.2) is 64.5 Å². The van der Waals surface area contributed by atoms with Gasteiger partial charge in [0, 0.05) is 16.0 Å². The molecule has 2 aliphatic rings. The van der Waals surface area contributed by atoms with E-state index in [1.807, 2.05) is 56.5 Å². The van der Waals surface area contributed by atoms with Gasteiger partial charge < -0.3 is 19.5 Å². The number of rotatable bonds is 8. The van der Waals surface area contributed by atoms with Crippen molar-refractivity contribution in [1.82, 2.24) is 20.1 Å². The predicted molar refractivity (Wildman–Crippen MR) is 156 cm³/mol. The van der Waals surface area contributed by atoms with Gasteiger partial charge in [-0.1, -0.05) is 0 Å². The highest BCUT2D eigenvalue weighted by Gasteiger charge is 2.33. The fourth-order valence-electron chi connectivity index (χ4n) is 5.11. The zero-order chi connectivity index (χ0) is 28.4. The summed E-state index contributed by atoms with van der Waals surface area (Å²) in [5, 5.41) is 13.2. The molecule has 1 saturated heterocycles. The highest BCUT2D eigenvalue weighted by molar-refractivity contribution is 7.15. The molecule has 1 fully saturated rings. The molecule has 0 unspecified atom stereocenters. The van der Waals surface area contributed by atoms with E-state index < -0.39 is 11.6 Å². The van der Waals surface area contributed by atoms with Gasteiger partial charge in [-0.15, -0.1) is 21.5 Å². The van der Waals surface area contributed by atoms with Gasteiger partial charge in [0.25, 0.3) is 0 Å². The molecular weight excluding hydrogens is 526 g/mol. The number of aliphatic imine (C=N–C) groups is 1. The molecule has 5 rings (SSSR count). The van der Waals surface area contributed by atoms with Crippen LogP contribution in [0.3, 0.4) is 0 Å². The molecule has 0 spiro atoms. The lowest BCUT2D eigenvalue weighted by Gasteiger charge is -2.22. The highest BCUT2D eigenvalue weighted by atomic mass is 32.1. The number of fused-ring (bicyclic) bond motifs is 3. The third-order valence-electron chi connectivity index (χ3n) is 7.14. The molecule has 10 heteroatoms. The standard InChI is InChI=1S/C30H39N5O4S/c1-18-19(2)40-29-26(18)27(21-7-9-22(10-8-21)37-15-16-38-23-11-13-31-14-12-23)32-24(17-25(36)39-30(4,5)6)28-34-33-20(3)35(28)29/h7-10,23-24,31H,11-17H2,1-6H3/t24-/m0/s1. The molecule has 2 aromatic heterocycles. The van der Waals surface area contributed by atoms with Gasteiger partial charge in [0.15, 0.2) is 5.82 Å². The van der Waals surface area contributed by atoms with Crippen LogP contribution in [0.4, 0.5) is 0 Å². The number of ether oxygens (including phenoxy) is 3. The largest absolute Gasteiger partial charge is 0.491 e. The fourth-order valence-corrected chi connectivity index (χ4v) is 6.33. The van der Waals surface area contributed by atoms with E-state index in [4.69, 9.17) is 19.2 Å². The molecule has 0 aliphatic carbocycles. The summed E-state index contributed by atoms with van der Waals surface area (Å²) in [4.78, 5) is 19.3. The van der Waals surface area contributed by atoms with Crippen LogP contribution in [0.25, 0.3) is 5.00 Å². The second kappa shape index (κ2) is 11.8. The topological polar surface area (TPSA) is 99.9 Å². The number of carbonyl (C=O) groups excluding carboxylic acids is 1. The van der Waals surface area contributed by atoms with E-state index in [0.29, 0.717) is 25.1 Å². The summed E-state index contributed by atoms with van der Waals surface area (Å²) in [5.74, 6) is 1.87. The van der Waals surface area contributed by atoms with Crippen molar-refractivity contribution in [3.8, 4) is 10.8 Å². The molecule has 9 nitrogen and oxygen atoms in total. The minimum Gasteiger partial charge on any atom is -0.491 e. The molecule has 1 N–H and O–H groups in total. The molecule has 2 aliphatic heterocycles. The van der Waals surface area contributed by atoms with Crippen LogP contribution in [0.15, 0.2) is 29.3 Å². The summed E-state index contributed by atoms with van der Waals surface area (Å²) in [5.41, 5.74) is 3.40. The molecule has 0 radical (unpaired) electrons. The van der Waals surface area contributed by atoms with Crippen LogP contribution in [0, 0.1) is 20.8 Å². The van der Waals surface area contributed by atoms with Crippen molar-refractivity contribution in [2.45, 2.75) is 78.6 Å². The van der Waals surface area contributed by atoms with Gasteiger partial charge in [-0.2, -0.15) is 0 Å². The number of thiophene rings is 1. The lowest BCUT2D eigenvalue weighted by Crippen LogP contribution is -2.33. The predicted octanol–water partition coefficient (Wildman–Crippen LogP) is 5.03. The number of hydrogen-bond donors (Lipinski definition) is 1. The number of hydrogen-bond acceptors (Lipinski definition) is 9. The molecule has 1 aromatic carbocycles. The van der Waals surface area contributed by atoms with Gasteiger partial charge in [0.1, 0.15) is 34.8 Å². The minimum atomic E-state index is -0.585. The number of aryl methyl sites for hydroxylation is 2. The number of aromatic nitrogens is 3. The number of nitrogens with zero attached hydrogens (tertiary/aromatic N) is 4. The maximum absolute atomic E-state index is 12.9. The Labute approximate surface area is 240 Å². The van der Waals surface area contributed by atoms with Crippen LogP contribution in [-0.2, 0) is 14.3 Å².